The number of hydrogen-bond acceptors (Lipinski definition) is 3. The molecule has 3 nitrogen and oxygen atoms in total. The number of fused-ring (bicyclic) bond motifs is 1. The predicted molar refractivity (Wildman–Crippen MR) is 78.4 cm³/mol. The molecule has 0 saturated heterocycles. The molecule has 1 atom stereocenters. The summed E-state index contributed by atoms with van der Waals surface area (Å²) in [4.78, 5) is 10.8. The number of aldehydes is 1. The summed E-state index contributed by atoms with van der Waals surface area (Å²) in [5.74, 6) is -0.313. The normalized spacial score (nSPS) is 19.5. The smallest absolute Gasteiger partial charge is 0.123 e. The quantitative estimate of drug-likeness (QED) is 0.812. The van der Waals surface area contributed by atoms with Crippen LogP contribution in [0.4, 0.5) is 4.39 Å². The van der Waals surface area contributed by atoms with Crippen LogP contribution in [0.1, 0.15) is 35.1 Å². The van der Waals surface area contributed by atoms with E-state index >= 15 is 0 Å². The molecule has 0 fully saturated rings. The van der Waals surface area contributed by atoms with Gasteiger partial charge in [0.2, 0.25) is 0 Å². The van der Waals surface area contributed by atoms with Crippen LogP contribution in [0.2, 0.25) is 0 Å². The lowest BCUT2D eigenvalue weighted by Crippen LogP contribution is -2.27. The fourth-order valence-electron chi connectivity index (χ4n) is 3.03. The van der Waals surface area contributed by atoms with Crippen molar-refractivity contribution in [3.05, 3.63) is 70.5 Å². The second-order valence-electron chi connectivity index (χ2n) is 5.31. The molecule has 0 unspecified atom stereocenters. The van der Waals surface area contributed by atoms with Gasteiger partial charge in [-0.15, -0.1) is 0 Å². The first-order valence-corrected chi connectivity index (χ1v) is 7.07. The molecule has 0 radical (unpaired) electrons. The molecule has 3 rings (SSSR count). The minimum atomic E-state index is -0.752. The summed E-state index contributed by atoms with van der Waals surface area (Å²) in [7, 11) is 0. The number of hydrogen-bond donors (Lipinski definition) is 0. The van der Waals surface area contributed by atoms with Gasteiger partial charge in [-0.1, -0.05) is 18.2 Å². The van der Waals surface area contributed by atoms with Gasteiger partial charge in [0.25, 0.3) is 0 Å². The maximum absolute atomic E-state index is 13.2. The van der Waals surface area contributed by atoms with Crippen molar-refractivity contribution in [3.8, 4) is 6.07 Å². The van der Waals surface area contributed by atoms with Crippen LogP contribution in [-0.4, -0.2) is 6.29 Å². The van der Waals surface area contributed by atoms with Crippen LogP contribution in [0.3, 0.4) is 0 Å². The first-order chi connectivity index (χ1) is 10.7. The van der Waals surface area contributed by atoms with Gasteiger partial charge in [0.1, 0.15) is 17.7 Å². The third-order valence-electron chi connectivity index (χ3n) is 4.07. The average molecular weight is 295 g/mol. The average Bonchev–Trinajstić information content (AvgIpc) is 2.92. The molecule has 2 aromatic rings. The summed E-state index contributed by atoms with van der Waals surface area (Å²) in [6.45, 7) is 0.376. The lowest BCUT2D eigenvalue weighted by molar-refractivity contribution is -0.109. The van der Waals surface area contributed by atoms with Crippen molar-refractivity contribution in [2.45, 2.75) is 25.0 Å². The monoisotopic (exact) mass is 295 g/mol. The number of halogens is 1. The molecule has 0 spiro atoms. The molecule has 0 aliphatic carbocycles. The van der Waals surface area contributed by atoms with Crippen molar-refractivity contribution in [2.75, 3.05) is 0 Å². The van der Waals surface area contributed by atoms with E-state index in [-0.39, 0.29) is 5.82 Å². The summed E-state index contributed by atoms with van der Waals surface area (Å²) >= 11 is 0. The Balaban J connectivity index is 2.12. The number of nitriles is 1. The minimum Gasteiger partial charge on any atom is -0.361 e. The largest absolute Gasteiger partial charge is 0.361 e. The second kappa shape index (κ2) is 5.70. The number of carbonyl (C=O) groups is 1. The van der Waals surface area contributed by atoms with E-state index in [4.69, 9.17) is 10.00 Å². The summed E-state index contributed by atoms with van der Waals surface area (Å²) in [5, 5.41) is 9.01. The summed E-state index contributed by atoms with van der Waals surface area (Å²) < 4.78 is 19.3. The van der Waals surface area contributed by atoms with Crippen LogP contribution < -0.4 is 0 Å². The fraction of sp³-hybridized carbons (Fsp3) is 0.222. The van der Waals surface area contributed by atoms with Crippen molar-refractivity contribution in [1.29, 1.82) is 5.26 Å². The maximum atomic E-state index is 13.2. The molecule has 0 N–H and O–H groups in total. The zero-order valence-corrected chi connectivity index (χ0v) is 11.9. The molecule has 1 aliphatic heterocycles. The molecule has 0 aromatic heterocycles. The van der Waals surface area contributed by atoms with E-state index in [9.17, 15) is 9.18 Å². The number of nitrogens with zero attached hydrogens (tertiary/aromatic N) is 1. The van der Waals surface area contributed by atoms with Gasteiger partial charge in [-0.2, -0.15) is 5.26 Å². The Hall–Kier alpha value is -2.51. The van der Waals surface area contributed by atoms with Gasteiger partial charge in [-0.3, -0.25) is 0 Å². The Labute approximate surface area is 128 Å². The zero-order chi connectivity index (χ0) is 15.6. The zero-order valence-electron chi connectivity index (χ0n) is 11.9. The number of rotatable bonds is 4. The third kappa shape index (κ3) is 2.30. The Bertz CT molecular complexity index is 749. The molecule has 2 aromatic carbocycles. The number of ether oxygens (including phenoxy) is 1. The van der Waals surface area contributed by atoms with E-state index in [0.29, 0.717) is 25.0 Å². The molecule has 4 heteroatoms. The van der Waals surface area contributed by atoms with Gasteiger partial charge in [0.15, 0.2) is 0 Å². The van der Waals surface area contributed by atoms with E-state index in [1.165, 1.54) is 12.1 Å². The van der Waals surface area contributed by atoms with E-state index in [0.717, 1.165) is 23.0 Å². The molecule has 22 heavy (non-hydrogen) atoms. The highest BCUT2D eigenvalue weighted by Crippen LogP contribution is 2.45. The third-order valence-corrected chi connectivity index (χ3v) is 4.07. The molecular formula is C18H14FNO2. The highest BCUT2D eigenvalue weighted by molar-refractivity contribution is 5.52. The van der Waals surface area contributed by atoms with Crippen LogP contribution >= 0.6 is 0 Å². The van der Waals surface area contributed by atoms with E-state index in [1.54, 1.807) is 18.2 Å². The Morgan fingerprint density at radius 2 is 2.05 bits per heavy atom. The van der Waals surface area contributed by atoms with Crippen LogP contribution in [-0.2, 0) is 21.7 Å². The first-order valence-electron chi connectivity index (χ1n) is 7.07. The standard InChI is InChI=1S/C18H14FNO2/c19-16-5-3-15(4-6-16)18(8-1-9-21)17-7-2-13(11-20)10-14(17)12-22-18/h2-7,9-10H,1,8,12H2/t18-/m1/s1. The Kier molecular flexibility index (Phi) is 3.74. The van der Waals surface area contributed by atoms with Gasteiger partial charge in [-0.25, -0.2) is 4.39 Å². The van der Waals surface area contributed by atoms with Crippen molar-refractivity contribution in [3.63, 3.8) is 0 Å². The SMILES string of the molecule is N#Cc1ccc2c(c1)CO[C@]2(CCC=O)c1ccc(F)cc1. The van der Waals surface area contributed by atoms with Gasteiger partial charge >= 0.3 is 0 Å². The van der Waals surface area contributed by atoms with Crippen LogP contribution in [0.5, 0.6) is 0 Å². The molecular weight excluding hydrogens is 281 g/mol. The number of carbonyl (C=O) groups excluding carboxylic acids is 1. The van der Waals surface area contributed by atoms with E-state index < -0.39 is 5.60 Å². The molecule has 0 amide bonds. The molecule has 1 heterocycles. The lowest BCUT2D eigenvalue weighted by Gasteiger charge is -2.30. The van der Waals surface area contributed by atoms with E-state index in [1.807, 2.05) is 12.1 Å². The summed E-state index contributed by atoms with van der Waals surface area (Å²) in [6.07, 6.45) is 1.69. The van der Waals surface area contributed by atoms with Crippen molar-refractivity contribution < 1.29 is 13.9 Å². The lowest BCUT2D eigenvalue weighted by atomic mass is 9.82. The summed E-state index contributed by atoms with van der Waals surface area (Å²) in [6, 6.07) is 13.7. The Morgan fingerprint density at radius 3 is 2.73 bits per heavy atom. The van der Waals surface area contributed by atoms with Gasteiger partial charge in [0, 0.05) is 6.42 Å². The highest BCUT2D eigenvalue weighted by atomic mass is 19.1. The number of benzene rings is 2. The van der Waals surface area contributed by atoms with Crippen molar-refractivity contribution in [2.24, 2.45) is 0 Å². The van der Waals surface area contributed by atoms with Gasteiger partial charge in [-0.05, 0) is 47.4 Å². The van der Waals surface area contributed by atoms with Gasteiger partial charge in [0.05, 0.1) is 18.2 Å². The van der Waals surface area contributed by atoms with Crippen LogP contribution in [0.15, 0.2) is 42.5 Å². The van der Waals surface area contributed by atoms with Crippen LogP contribution in [0, 0.1) is 17.1 Å². The molecule has 0 bridgehead atoms. The molecule has 1 aliphatic rings. The second-order valence-corrected chi connectivity index (χ2v) is 5.31. The topological polar surface area (TPSA) is 50.1 Å². The van der Waals surface area contributed by atoms with Gasteiger partial charge < -0.3 is 9.53 Å². The predicted octanol–water partition coefficient (Wildman–Crippen LogP) is 3.45. The molecule has 0 saturated carbocycles. The van der Waals surface area contributed by atoms with Crippen LogP contribution in [0.25, 0.3) is 0 Å². The fourth-order valence-corrected chi connectivity index (χ4v) is 3.03. The molecule has 110 valence electrons. The van der Waals surface area contributed by atoms with Crippen molar-refractivity contribution >= 4 is 6.29 Å². The Morgan fingerprint density at radius 1 is 1.27 bits per heavy atom. The highest BCUT2D eigenvalue weighted by Gasteiger charge is 2.41. The maximum Gasteiger partial charge on any atom is 0.123 e. The minimum absolute atomic E-state index is 0.313. The summed E-state index contributed by atoms with van der Waals surface area (Å²) in [5.41, 5.74) is 2.53. The van der Waals surface area contributed by atoms with E-state index in [2.05, 4.69) is 6.07 Å². The van der Waals surface area contributed by atoms with Crippen molar-refractivity contribution in [1.82, 2.24) is 0 Å². The first kappa shape index (κ1) is 14.4.